The third kappa shape index (κ3) is 3.72. The standard InChI is InChI=1S/C20H27N3O4/c21-19-4-6-20(7-5-19,27-14-19)8-9-23-17-12-15(26-11-1-10-24)13-22-16(17)2-3-18(23)25/h2-3,12-13,24H,1,4-11,14,21H2. The zero-order valence-electron chi connectivity index (χ0n) is 15.5. The van der Waals surface area contributed by atoms with Crippen LogP contribution in [-0.4, -0.2) is 45.6 Å². The topological polar surface area (TPSA) is 99.6 Å². The predicted molar refractivity (Wildman–Crippen MR) is 102 cm³/mol. The molecule has 0 amide bonds. The van der Waals surface area contributed by atoms with E-state index in [1.54, 1.807) is 22.9 Å². The van der Waals surface area contributed by atoms with Gasteiger partial charge in [0.25, 0.3) is 5.56 Å². The summed E-state index contributed by atoms with van der Waals surface area (Å²) in [6.45, 7) is 1.69. The fourth-order valence-electron chi connectivity index (χ4n) is 4.14. The lowest BCUT2D eigenvalue weighted by Crippen LogP contribution is -2.59. The number of fused-ring (bicyclic) bond motifs is 4. The van der Waals surface area contributed by atoms with E-state index >= 15 is 0 Å². The molecular formula is C20H27N3O4. The minimum absolute atomic E-state index is 0.0481. The maximum Gasteiger partial charge on any atom is 0.251 e. The summed E-state index contributed by atoms with van der Waals surface area (Å²) in [6.07, 6.45) is 6.89. The Bertz CT molecular complexity index is 855. The normalized spacial score (nSPS) is 27.2. The van der Waals surface area contributed by atoms with Crippen molar-refractivity contribution in [2.24, 2.45) is 5.73 Å². The number of aliphatic hydroxyl groups excluding tert-OH is 1. The molecule has 5 rings (SSSR count). The van der Waals surface area contributed by atoms with Crippen molar-refractivity contribution < 1.29 is 14.6 Å². The quantitative estimate of drug-likeness (QED) is 0.715. The SMILES string of the molecule is NC12CCC(CCn3c(=O)ccc4ncc(OCCCO)cc43)(CC1)OC2. The lowest BCUT2D eigenvalue weighted by Gasteiger charge is -2.51. The van der Waals surface area contributed by atoms with Gasteiger partial charge in [0, 0.05) is 37.2 Å². The van der Waals surface area contributed by atoms with Crippen molar-refractivity contribution in [1.29, 1.82) is 0 Å². The fourth-order valence-corrected chi connectivity index (χ4v) is 4.14. The van der Waals surface area contributed by atoms with Gasteiger partial charge in [-0.25, -0.2) is 0 Å². The van der Waals surface area contributed by atoms with E-state index < -0.39 is 0 Å². The van der Waals surface area contributed by atoms with Gasteiger partial charge in [-0.3, -0.25) is 9.78 Å². The Labute approximate surface area is 158 Å². The molecule has 7 heteroatoms. The fraction of sp³-hybridized carbons (Fsp3) is 0.600. The van der Waals surface area contributed by atoms with Crippen LogP contribution < -0.4 is 16.0 Å². The Hall–Kier alpha value is -1.96. The molecule has 0 aromatic carbocycles. The Morgan fingerprint density at radius 3 is 2.81 bits per heavy atom. The molecule has 0 radical (unpaired) electrons. The molecular weight excluding hydrogens is 346 g/mol. The highest BCUT2D eigenvalue weighted by Crippen LogP contribution is 2.44. The van der Waals surface area contributed by atoms with Crippen molar-refractivity contribution >= 4 is 11.0 Å². The van der Waals surface area contributed by atoms with Crippen LogP contribution in [-0.2, 0) is 11.3 Å². The molecule has 1 aliphatic carbocycles. The second-order valence-electron chi connectivity index (χ2n) is 7.91. The van der Waals surface area contributed by atoms with Crippen LogP contribution in [0.2, 0.25) is 0 Å². The first-order valence-electron chi connectivity index (χ1n) is 9.69. The van der Waals surface area contributed by atoms with Gasteiger partial charge in [-0.1, -0.05) is 0 Å². The second-order valence-corrected chi connectivity index (χ2v) is 7.91. The Balaban J connectivity index is 1.56. The van der Waals surface area contributed by atoms with Crippen molar-refractivity contribution in [1.82, 2.24) is 9.55 Å². The number of nitrogens with zero attached hydrogens (tertiary/aromatic N) is 2. The van der Waals surface area contributed by atoms with Crippen LogP contribution in [0.5, 0.6) is 5.75 Å². The number of aryl methyl sites for hydroxylation is 1. The molecule has 2 saturated heterocycles. The summed E-state index contributed by atoms with van der Waals surface area (Å²) in [6, 6.07) is 5.16. The van der Waals surface area contributed by atoms with Gasteiger partial charge in [0.1, 0.15) is 5.75 Å². The molecule has 3 aliphatic rings. The Morgan fingerprint density at radius 1 is 1.30 bits per heavy atom. The first kappa shape index (κ1) is 18.4. The molecule has 2 aromatic rings. The third-order valence-corrected chi connectivity index (χ3v) is 6.00. The summed E-state index contributed by atoms with van der Waals surface area (Å²) in [5.41, 5.74) is 7.47. The smallest absolute Gasteiger partial charge is 0.251 e. The van der Waals surface area contributed by atoms with Crippen LogP contribution in [0.25, 0.3) is 11.0 Å². The van der Waals surface area contributed by atoms with Gasteiger partial charge in [0.2, 0.25) is 0 Å². The molecule has 0 atom stereocenters. The highest BCUT2D eigenvalue weighted by molar-refractivity contribution is 5.75. The summed E-state index contributed by atoms with van der Waals surface area (Å²) in [4.78, 5) is 16.9. The van der Waals surface area contributed by atoms with Gasteiger partial charge >= 0.3 is 0 Å². The number of rotatable bonds is 7. The summed E-state index contributed by atoms with van der Waals surface area (Å²) in [5.74, 6) is 0.605. The van der Waals surface area contributed by atoms with E-state index in [1.165, 1.54) is 0 Å². The number of nitrogens with two attached hydrogens (primary N) is 1. The summed E-state index contributed by atoms with van der Waals surface area (Å²) < 4.78 is 13.5. The number of aromatic nitrogens is 2. The van der Waals surface area contributed by atoms with Crippen LogP contribution in [0.3, 0.4) is 0 Å². The maximum absolute atomic E-state index is 12.5. The van der Waals surface area contributed by atoms with Gasteiger partial charge < -0.3 is 24.9 Å². The van der Waals surface area contributed by atoms with Gasteiger partial charge in [-0.2, -0.15) is 0 Å². The molecule has 146 valence electrons. The maximum atomic E-state index is 12.5. The number of aliphatic hydroxyl groups is 1. The first-order chi connectivity index (χ1) is 13.0. The molecule has 7 nitrogen and oxygen atoms in total. The zero-order valence-corrected chi connectivity index (χ0v) is 15.5. The molecule has 1 saturated carbocycles. The van der Waals surface area contributed by atoms with Crippen LogP contribution in [0.15, 0.2) is 29.2 Å². The number of hydrogen-bond donors (Lipinski definition) is 2. The Kier molecular flexibility index (Phi) is 4.92. The van der Waals surface area contributed by atoms with Crippen LogP contribution in [0.1, 0.15) is 38.5 Å². The van der Waals surface area contributed by atoms with E-state index in [4.69, 9.17) is 20.3 Å². The van der Waals surface area contributed by atoms with E-state index in [-0.39, 0.29) is 23.3 Å². The van der Waals surface area contributed by atoms with Gasteiger partial charge in [-0.05, 0) is 38.2 Å². The molecule has 2 aliphatic heterocycles. The van der Waals surface area contributed by atoms with Gasteiger partial charge in [-0.15, -0.1) is 0 Å². The number of hydrogen-bond acceptors (Lipinski definition) is 6. The monoisotopic (exact) mass is 373 g/mol. The third-order valence-electron chi connectivity index (χ3n) is 6.00. The van der Waals surface area contributed by atoms with E-state index in [1.807, 2.05) is 6.07 Å². The van der Waals surface area contributed by atoms with E-state index in [0.717, 1.165) is 43.1 Å². The molecule has 0 unspecified atom stereocenters. The minimum atomic E-state index is -0.161. The molecule has 2 aromatic heterocycles. The molecule has 3 N–H and O–H groups in total. The van der Waals surface area contributed by atoms with E-state index in [2.05, 4.69) is 4.98 Å². The zero-order chi connectivity index (χ0) is 18.9. The second kappa shape index (κ2) is 7.22. The lowest BCUT2D eigenvalue weighted by molar-refractivity contribution is -0.157. The van der Waals surface area contributed by atoms with E-state index in [0.29, 0.717) is 31.9 Å². The lowest BCUT2D eigenvalue weighted by atomic mass is 9.70. The van der Waals surface area contributed by atoms with Crippen molar-refractivity contribution in [2.45, 2.75) is 56.2 Å². The largest absolute Gasteiger partial charge is 0.492 e. The first-order valence-corrected chi connectivity index (χ1v) is 9.69. The molecule has 0 spiro atoms. The Morgan fingerprint density at radius 2 is 2.11 bits per heavy atom. The number of ether oxygens (including phenoxy) is 2. The van der Waals surface area contributed by atoms with E-state index in [9.17, 15) is 4.79 Å². The average molecular weight is 373 g/mol. The van der Waals surface area contributed by atoms with Crippen molar-refractivity contribution in [3.05, 3.63) is 34.7 Å². The number of pyridine rings is 2. The molecule has 27 heavy (non-hydrogen) atoms. The predicted octanol–water partition coefficient (Wildman–Crippen LogP) is 1.59. The van der Waals surface area contributed by atoms with Crippen LogP contribution in [0.4, 0.5) is 0 Å². The summed E-state index contributed by atoms with van der Waals surface area (Å²) >= 11 is 0. The van der Waals surface area contributed by atoms with Crippen molar-refractivity contribution in [3.8, 4) is 5.75 Å². The molecule has 3 fully saturated rings. The van der Waals surface area contributed by atoms with Crippen molar-refractivity contribution in [3.63, 3.8) is 0 Å². The summed E-state index contributed by atoms with van der Waals surface area (Å²) in [5, 5.41) is 8.90. The summed E-state index contributed by atoms with van der Waals surface area (Å²) in [7, 11) is 0. The van der Waals surface area contributed by atoms with Crippen LogP contribution >= 0.6 is 0 Å². The molecule has 4 heterocycles. The van der Waals surface area contributed by atoms with Gasteiger partial charge in [0.05, 0.1) is 36.0 Å². The van der Waals surface area contributed by atoms with Crippen molar-refractivity contribution in [2.75, 3.05) is 19.8 Å². The van der Waals surface area contributed by atoms with Gasteiger partial charge in [0.15, 0.2) is 0 Å². The minimum Gasteiger partial charge on any atom is -0.492 e. The highest BCUT2D eigenvalue weighted by atomic mass is 16.5. The van der Waals surface area contributed by atoms with Crippen LogP contribution in [0, 0.1) is 0 Å². The molecule has 2 bridgehead atoms. The average Bonchev–Trinajstić information content (AvgIpc) is 2.69. The highest BCUT2D eigenvalue weighted by Gasteiger charge is 2.47.